The lowest BCUT2D eigenvalue weighted by Gasteiger charge is -2.21. The highest BCUT2D eigenvalue weighted by Crippen LogP contribution is 2.17. The zero-order chi connectivity index (χ0) is 19.8. The Hall–Kier alpha value is -2.53. The van der Waals surface area contributed by atoms with E-state index in [0.29, 0.717) is 25.3 Å². The van der Waals surface area contributed by atoms with Crippen molar-refractivity contribution >= 4 is 15.9 Å². The molecule has 0 N–H and O–H groups in total. The molecule has 3 rings (SSSR count). The fraction of sp³-hybridized carbons (Fsp3) is 0.500. The van der Waals surface area contributed by atoms with Crippen LogP contribution >= 0.6 is 0 Å². The Balaban J connectivity index is 1.76. The maximum atomic E-state index is 12.8. The van der Waals surface area contributed by atoms with Gasteiger partial charge in [-0.3, -0.25) is 9.59 Å². The summed E-state index contributed by atoms with van der Waals surface area (Å²) in [6.07, 6.45) is 2.00. The van der Waals surface area contributed by atoms with Gasteiger partial charge in [-0.15, -0.1) is 0 Å². The van der Waals surface area contributed by atoms with Crippen LogP contribution in [0.3, 0.4) is 0 Å². The fourth-order valence-corrected chi connectivity index (χ4v) is 4.39. The second kappa shape index (κ2) is 7.24. The van der Waals surface area contributed by atoms with Gasteiger partial charge in [0.2, 0.25) is 0 Å². The van der Waals surface area contributed by atoms with Crippen molar-refractivity contribution in [3.05, 3.63) is 40.2 Å². The number of sulfonamides is 1. The van der Waals surface area contributed by atoms with Gasteiger partial charge >= 0.3 is 0 Å². The van der Waals surface area contributed by atoms with E-state index in [2.05, 4.69) is 10.1 Å². The van der Waals surface area contributed by atoms with Gasteiger partial charge in [0, 0.05) is 52.5 Å². The molecule has 1 aliphatic rings. The number of rotatable bonds is 3. The molecule has 2 aromatic rings. The zero-order valence-electron chi connectivity index (χ0n) is 15.5. The van der Waals surface area contributed by atoms with Gasteiger partial charge < -0.3 is 9.47 Å². The number of nitrogens with zero attached hydrogens (tertiary/aromatic N) is 6. The van der Waals surface area contributed by atoms with E-state index in [9.17, 15) is 18.0 Å². The highest BCUT2D eigenvalue weighted by molar-refractivity contribution is 7.89. The van der Waals surface area contributed by atoms with Crippen LogP contribution in [0.4, 0.5) is 0 Å². The maximum absolute atomic E-state index is 12.8. The Kier molecular flexibility index (Phi) is 5.16. The minimum Gasteiger partial charge on any atom is -0.337 e. The number of aryl methyl sites for hydroxylation is 3. The molecule has 0 saturated carbocycles. The lowest BCUT2D eigenvalue weighted by atomic mass is 10.3. The first kappa shape index (κ1) is 19.2. The van der Waals surface area contributed by atoms with Gasteiger partial charge in [0.05, 0.1) is 0 Å². The average molecular weight is 394 g/mol. The highest BCUT2D eigenvalue weighted by Gasteiger charge is 2.30. The number of carbonyl (C=O) groups is 1. The maximum Gasteiger partial charge on any atom is 0.274 e. The standard InChI is InChI=1S/C16H22N6O4S/c1-12-17-14(11-19(12)2)27(25,26)22-8-4-7-21(9-10-22)16(24)13-5-6-15(23)20(3)18-13/h5-6,11H,4,7-10H2,1-3H3. The van der Waals surface area contributed by atoms with Gasteiger partial charge in [-0.05, 0) is 19.4 Å². The van der Waals surface area contributed by atoms with Crippen LogP contribution in [0, 0.1) is 6.92 Å². The third-order valence-corrected chi connectivity index (χ3v) is 6.38. The van der Waals surface area contributed by atoms with E-state index in [1.165, 1.54) is 29.7 Å². The molecule has 2 aromatic heterocycles. The van der Waals surface area contributed by atoms with Crippen LogP contribution in [0.2, 0.25) is 0 Å². The molecule has 0 unspecified atom stereocenters. The van der Waals surface area contributed by atoms with Crippen LogP contribution in [-0.4, -0.2) is 69.0 Å². The molecule has 0 atom stereocenters. The van der Waals surface area contributed by atoms with Crippen molar-refractivity contribution in [3.63, 3.8) is 0 Å². The van der Waals surface area contributed by atoms with Gasteiger partial charge in [-0.2, -0.15) is 9.40 Å². The van der Waals surface area contributed by atoms with Crippen molar-refractivity contribution in [3.8, 4) is 0 Å². The van der Waals surface area contributed by atoms with Crippen LogP contribution in [0.25, 0.3) is 0 Å². The molecule has 1 saturated heterocycles. The quantitative estimate of drug-likeness (QED) is 0.685. The Morgan fingerprint density at radius 3 is 2.48 bits per heavy atom. The Bertz CT molecular complexity index is 1010. The lowest BCUT2D eigenvalue weighted by Crippen LogP contribution is -2.38. The Labute approximate surface area is 157 Å². The predicted octanol–water partition coefficient (Wildman–Crippen LogP) is -0.641. The summed E-state index contributed by atoms with van der Waals surface area (Å²) in [4.78, 5) is 29.8. The molecule has 0 spiro atoms. The van der Waals surface area contributed by atoms with Crippen molar-refractivity contribution in [2.45, 2.75) is 18.4 Å². The van der Waals surface area contributed by atoms with Crippen molar-refractivity contribution in [1.29, 1.82) is 0 Å². The molecular formula is C16H22N6O4S. The molecular weight excluding hydrogens is 372 g/mol. The van der Waals surface area contributed by atoms with E-state index in [-0.39, 0.29) is 35.3 Å². The summed E-state index contributed by atoms with van der Waals surface area (Å²) in [6, 6.07) is 2.68. The van der Waals surface area contributed by atoms with Gasteiger partial charge in [-0.25, -0.2) is 18.1 Å². The summed E-state index contributed by atoms with van der Waals surface area (Å²) in [5, 5.41) is 3.99. The summed E-state index contributed by atoms with van der Waals surface area (Å²) in [5.41, 5.74) is -0.140. The van der Waals surface area contributed by atoms with Crippen LogP contribution in [0.15, 0.2) is 28.2 Å². The second-order valence-electron chi connectivity index (χ2n) is 6.47. The van der Waals surface area contributed by atoms with Crippen LogP contribution in [0.5, 0.6) is 0 Å². The first-order valence-corrected chi connectivity index (χ1v) is 9.98. The number of imidazole rings is 1. The summed E-state index contributed by atoms with van der Waals surface area (Å²) in [5.74, 6) is 0.291. The first-order chi connectivity index (χ1) is 12.7. The molecule has 1 aliphatic heterocycles. The number of carbonyl (C=O) groups excluding carboxylic acids is 1. The minimum atomic E-state index is -3.71. The molecule has 0 bridgehead atoms. The molecule has 10 nitrogen and oxygen atoms in total. The van der Waals surface area contributed by atoms with Crippen molar-refractivity contribution in [2.24, 2.45) is 14.1 Å². The van der Waals surface area contributed by atoms with E-state index in [4.69, 9.17) is 0 Å². The zero-order valence-corrected chi connectivity index (χ0v) is 16.3. The number of aromatic nitrogens is 4. The van der Waals surface area contributed by atoms with Gasteiger partial charge in [0.15, 0.2) is 5.03 Å². The van der Waals surface area contributed by atoms with Crippen molar-refractivity contribution in [1.82, 2.24) is 28.5 Å². The molecule has 0 radical (unpaired) electrons. The van der Waals surface area contributed by atoms with Crippen LogP contribution in [-0.2, 0) is 24.1 Å². The number of amides is 1. The van der Waals surface area contributed by atoms with Crippen molar-refractivity contribution < 1.29 is 13.2 Å². The molecule has 0 aromatic carbocycles. The largest absolute Gasteiger partial charge is 0.337 e. The molecule has 1 fully saturated rings. The smallest absolute Gasteiger partial charge is 0.274 e. The summed E-state index contributed by atoms with van der Waals surface area (Å²) >= 11 is 0. The van der Waals surface area contributed by atoms with E-state index in [1.54, 1.807) is 23.4 Å². The average Bonchev–Trinajstić information content (AvgIpc) is 2.84. The summed E-state index contributed by atoms with van der Waals surface area (Å²) < 4.78 is 29.8. The van der Waals surface area contributed by atoms with E-state index < -0.39 is 10.0 Å². The second-order valence-corrected chi connectivity index (χ2v) is 8.35. The Morgan fingerprint density at radius 2 is 1.85 bits per heavy atom. The monoisotopic (exact) mass is 394 g/mol. The molecule has 1 amide bonds. The van der Waals surface area contributed by atoms with Crippen LogP contribution in [0.1, 0.15) is 22.7 Å². The fourth-order valence-electron chi connectivity index (χ4n) is 2.90. The van der Waals surface area contributed by atoms with E-state index in [0.717, 1.165) is 4.68 Å². The highest BCUT2D eigenvalue weighted by atomic mass is 32.2. The normalized spacial score (nSPS) is 16.3. The SMILES string of the molecule is Cc1nc(S(=O)(=O)N2CCCN(C(=O)c3ccc(=O)n(C)n3)CC2)cn1C. The van der Waals surface area contributed by atoms with Gasteiger partial charge in [0.25, 0.3) is 21.5 Å². The summed E-state index contributed by atoms with van der Waals surface area (Å²) in [7, 11) is -0.493. The molecule has 0 aliphatic carbocycles. The van der Waals surface area contributed by atoms with E-state index in [1.807, 2.05) is 0 Å². The van der Waals surface area contributed by atoms with Crippen molar-refractivity contribution in [2.75, 3.05) is 26.2 Å². The third-order valence-electron chi connectivity index (χ3n) is 4.61. The topological polar surface area (TPSA) is 110 Å². The third kappa shape index (κ3) is 3.78. The van der Waals surface area contributed by atoms with Crippen LogP contribution < -0.4 is 5.56 Å². The molecule has 146 valence electrons. The lowest BCUT2D eigenvalue weighted by molar-refractivity contribution is 0.0755. The minimum absolute atomic E-state index is 0.0157. The van der Waals surface area contributed by atoms with E-state index >= 15 is 0 Å². The number of hydrogen-bond acceptors (Lipinski definition) is 6. The molecule has 11 heteroatoms. The predicted molar refractivity (Wildman–Crippen MR) is 96.7 cm³/mol. The molecule has 3 heterocycles. The van der Waals surface area contributed by atoms with Gasteiger partial charge in [0.1, 0.15) is 11.5 Å². The summed E-state index contributed by atoms with van der Waals surface area (Å²) in [6.45, 7) is 2.88. The number of hydrogen-bond donors (Lipinski definition) is 0. The first-order valence-electron chi connectivity index (χ1n) is 8.54. The Morgan fingerprint density at radius 1 is 1.11 bits per heavy atom. The van der Waals surface area contributed by atoms with Gasteiger partial charge in [-0.1, -0.05) is 0 Å². The molecule has 27 heavy (non-hydrogen) atoms.